The molecule has 0 saturated heterocycles. The topological polar surface area (TPSA) is 88.2 Å². The highest BCUT2D eigenvalue weighted by Gasteiger charge is 2.43. The Morgan fingerprint density at radius 2 is 1.78 bits per heavy atom. The molecule has 0 radical (unpaired) electrons. The van der Waals surface area contributed by atoms with Crippen LogP contribution in [0, 0.1) is 0 Å². The minimum absolute atomic E-state index is 0.200. The van der Waals surface area contributed by atoms with E-state index < -0.39 is 12.0 Å². The van der Waals surface area contributed by atoms with Crippen molar-refractivity contribution in [2.24, 2.45) is 0 Å². The predicted molar refractivity (Wildman–Crippen MR) is 119 cm³/mol. The van der Waals surface area contributed by atoms with Crippen LogP contribution in [0.15, 0.2) is 79.0 Å². The fourth-order valence-corrected chi connectivity index (χ4v) is 4.02. The highest BCUT2D eigenvalue weighted by atomic mass is 16.5. The fourth-order valence-electron chi connectivity index (χ4n) is 4.02. The monoisotopic (exact) mass is 424 g/mol. The maximum Gasteiger partial charge on any atom is 0.338 e. The third kappa shape index (κ3) is 3.24. The summed E-state index contributed by atoms with van der Waals surface area (Å²) in [7, 11) is 0. The molecule has 1 atom stereocenters. The average molecular weight is 424 g/mol. The first-order valence-electron chi connectivity index (χ1n) is 10.3. The molecule has 0 aliphatic carbocycles. The molecule has 2 aromatic heterocycles. The molecule has 0 fully saturated rings. The Morgan fingerprint density at radius 1 is 1.03 bits per heavy atom. The van der Waals surface area contributed by atoms with Gasteiger partial charge in [-0.1, -0.05) is 36.4 Å². The van der Waals surface area contributed by atoms with Gasteiger partial charge >= 0.3 is 5.97 Å². The molecule has 5 rings (SSSR count). The molecule has 7 nitrogen and oxygen atoms in total. The van der Waals surface area contributed by atoms with Crippen molar-refractivity contribution in [2.45, 2.75) is 13.0 Å². The van der Waals surface area contributed by atoms with Crippen LogP contribution in [0.4, 0.5) is 5.69 Å². The van der Waals surface area contributed by atoms with Crippen molar-refractivity contribution in [3.8, 4) is 11.3 Å². The first kappa shape index (κ1) is 19.7. The van der Waals surface area contributed by atoms with Crippen molar-refractivity contribution in [1.82, 2.24) is 15.2 Å². The van der Waals surface area contributed by atoms with E-state index in [9.17, 15) is 9.59 Å². The van der Waals surface area contributed by atoms with Crippen LogP contribution in [0.3, 0.4) is 0 Å². The van der Waals surface area contributed by atoms with Crippen LogP contribution in [0.1, 0.15) is 45.1 Å². The second kappa shape index (κ2) is 8.11. The van der Waals surface area contributed by atoms with Crippen LogP contribution in [-0.4, -0.2) is 33.7 Å². The highest BCUT2D eigenvalue weighted by molar-refractivity contribution is 6.11. The number of rotatable bonds is 5. The molecular formula is C25H20N4O3. The Morgan fingerprint density at radius 3 is 2.47 bits per heavy atom. The molecule has 32 heavy (non-hydrogen) atoms. The normalized spacial score (nSPS) is 15.0. The zero-order valence-electron chi connectivity index (χ0n) is 17.4. The van der Waals surface area contributed by atoms with E-state index in [2.05, 4.69) is 15.2 Å². The lowest BCUT2D eigenvalue weighted by Gasteiger charge is -2.25. The zero-order valence-corrected chi connectivity index (χ0v) is 17.4. The lowest BCUT2D eigenvalue weighted by molar-refractivity contribution is 0.0526. The molecule has 0 saturated carbocycles. The summed E-state index contributed by atoms with van der Waals surface area (Å²) >= 11 is 0. The van der Waals surface area contributed by atoms with Crippen molar-refractivity contribution >= 4 is 17.6 Å². The number of carbonyl (C=O) groups excluding carboxylic acids is 2. The van der Waals surface area contributed by atoms with Crippen molar-refractivity contribution < 1.29 is 14.3 Å². The number of nitrogens with one attached hydrogen (secondary N) is 1. The van der Waals surface area contributed by atoms with E-state index in [1.54, 1.807) is 42.3 Å². The molecule has 1 amide bonds. The van der Waals surface area contributed by atoms with E-state index in [1.165, 1.54) is 0 Å². The van der Waals surface area contributed by atoms with E-state index in [-0.39, 0.29) is 5.91 Å². The molecule has 4 aromatic rings. The summed E-state index contributed by atoms with van der Waals surface area (Å²) in [6, 6.07) is 21.8. The molecule has 1 aliphatic rings. The standard InChI is InChI=1S/C25H20N4O3/c1-2-32-25(31)17-11-13-18(14-12-17)29-23(19-10-6-7-15-26-19)20-21(16-8-4-3-5-9-16)27-28-22(20)24(29)30/h3-15,23H,2H2,1H3,(H,27,28)/t23-/m0/s1. The van der Waals surface area contributed by atoms with Crippen molar-refractivity contribution in [3.63, 3.8) is 0 Å². The number of aromatic amines is 1. The van der Waals surface area contributed by atoms with E-state index in [4.69, 9.17) is 4.74 Å². The van der Waals surface area contributed by atoms with E-state index in [1.807, 2.05) is 48.5 Å². The maximum absolute atomic E-state index is 13.5. The van der Waals surface area contributed by atoms with Gasteiger partial charge in [0.15, 0.2) is 0 Å². The molecule has 3 heterocycles. The molecule has 1 aliphatic heterocycles. The maximum atomic E-state index is 13.5. The van der Waals surface area contributed by atoms with Crippen LogP contribution in [0.2, 0.25) is 0 Å². The highest BCUT2D eigenvalue weighted by Crippen LogP contribution is 2.44. The van der Waals surface area contributed by atoms with Crippen molar-refractivity contribution in [2.75, 3.05) is 11.5 Å². The third-order valence-electron chi connectivity index (χ3n) is 5.44. The number of hydrogen-bond donors (Lipinski definition) is 1. The number of fused-ring (bicyclic) bond motifs is 1. The van der Waals surface area contributed by atoms with Gasteiger partial charge in [-0.15, -0.1) is 0 Å². The number of H-pyrrole nitrogens is 1. The number of amides is 1. The molecule has 0 unspecified atom stereocenters. The average Bonchev–Trinajstić information content (AvgIpc) is 3.39. The Hall–Kier alpha value is -4.26. The summed E-state index contributed by atoms with van der Waals surface area (Å²) in [6.07, 6.45) is 1.71. The first-order chi connectivity index (χ1) is 15.7. The second-order valence-electron chi connectivity index (χ2n) is 7.33. The van der Waals surface area contributed by atoms with Crippen LogP contribution < -0.4 is 4.90 Å². The minimum Gasteiger partial charge on any atom is -0.462 e. The smallest absolute Gasteiger partial charge is 0.338 e. The number of aromatic nitrogens is 3. The van der Waals surface area contributed by atoms with Gasteiger partial charge in [0, 0.05) is 23.0 Å². The quantitative estimate of drug-likeness (QED) is 0.480. The summed E-state index contributed by atoms with van der Waals surface area (Å²) in [6.45, 7) is 2.07. The molecule has 1 N–H and O–H groups in total. The Labute approximate surface area is 184 Å². The molecule has 0 bridgehead atoms. The summed E-state index contributed by atoms with van der Waals surface area (Å²) in [5, 5.41) is 7.40. The summed E-state index contributed by atoms with van der Waals surface area (Å²) in [4.78, 5) is 31.8. The van der Waals surface area contributed by atoms with E-state index >= 15 is 0 Å². The van der Waals surface area contributed by atoms with Gasteiger partial charge in [-0.05, 0) is 43.3 Å². The Kier molecular flexibility index (Phi) is 4.99. The number of pyridine rings is 1. The Balaban J connectivity index is 1.62. The Bertz CT molecular complexity index is 1270. The van der Waals surface area contributed by atoms with Gasteiger partial charge in [0.1, 0.15) is 11.7 Å². The molecule has 158 valence electrons. The van der Waals surface area contributed by atoms with Gasteiger partial charge in [0.05, 0.1) is 23.6 Å². The van der Waals surface area contributed by atoms with Crippen LogP contribution in [-0.2, 0) is 4.74 Å². The van der Waals surface area contributed by atoms with Crippen LogP contribution >= 0.6 is 0 Å². The fraction of sp³-hybridized carbons (Fsp3) is 0.120. The van der Waals surface area contributed by atoms with Gasteiger partial charge < -0.3 is 4.74 Å². The number of esters is 1. The molecule has 2 aromatic carbocycles. The SMILES string of the molecule is CCOC(=O)c1ccc(N2C(=O)c3[nH]nc(-c4ccccc4)c3[C@@H]2c2ccccn2)cc1. The van der Waals surface area contributed by atoms with Crippen molar-refractivity contribution in [3.05, 3.63) is 102 Å². The number of anilines is 1. The minimum atomic E-state index is -0.457. The third-order valence-corrected chi connectivity index (χ3v) is 5.44. The number of benzene rings is 2. The lowest BCUT2D eigenvalue weighted by atomic mass is 9.99. The first-order valence-corrected chi connectivity index (χ1v) is 10.3. The largest absolute Gasteiger partial charge is 0.462 e. The van der Waals surface area contributed by atoms with Gasteiger partial charge in [0.2, 0.25) is 0 Å². The van der Waals surface area contributed by atoms with E-state index in [0.717, 1.165) is 22.5 Å². The number of hydrogen-bond acceptors (Lipinski definition) is 5. The predicted octanol–water partition coefficient (Wildman–Crippen LogP) is 4.40. The molecular weight excluding hydrogens is 404 g/mol. The summed E-state index contributed by atoms with van der Waals surface area (Å²) < 4.78 is 5.07. The molecule has 0 spiro atoms. The number of carbonyl (C=O) groups is 2. The van der Waals surface area contributed by atoms with Gasteiger partial charge in [-0.2, -0.15) is 5.10 Å². The zero-order chi connectivity index (χ0) is 22.1. The lowest BCUT2D eigenvalue weighted by Crippen LogP contribution is -2.29. The second-order valence-corrected chi connectivity index (χ2v) is 7.33. The molecule has 7 heteroatoms. The van der Waals surface area contributed by atoms with Gasteiger partial charge in [-0.3, -0.25) is 19.8 Å². The van der Waals surface area contributed by atoms with Crippen LogP contribution in [0.5, 0.6) is 0 Å². The van der Waals surface area contributed by atoms with Gasteiger partial charge in [-0.25, -0.2) is 4.79 Å². The summed E-state index contributed by atoms with van der Waals surface area (Å²) in [5.41, 5.74) is 4.67. The van der Waals surface area contributed by atoms with Crippen molar-refractivity contribution in [1.29, 1.82) is 0 Å². The number of ether oxygens (including phenoxy) is 1. The number of nitrogens with zero attached hydrogens (tertiary/aromatic N) is 3. The van der Waals surface area contributed by atoms with Gasteiger partial charge in [0.25, 0.3) is 5.91 Å². The van der Waals surface area contributed by atoms with Crippen LogP contribution in [0.25, 0.3) is 11.3 Å². The summed E-state index contributed by atoms with van der Waals surface area (Å²) in [5.74, 6) is -0.594. The van der Waals surface area contributed by atoms with E-state index in [0.29, 0.717) is 23.6 Å².